The molecular weight excluding hydrogens is 369 g/mol. The number of benzene rings is 1. The van der Waals surface area contributed by atoms with E-state index >= 15 is 0 Å². The quantitative estimate of drug-likeness (QED) is 0.805. The van der Waals surface area contributed by atoms with Crippen molar-refractivity contribution in [2.75, 3.05) is 20.6 Å². The number of halogens is 4. The van der Waals surface area contributed by atoms with Crippen molar-refractivity contribution in [2.24, 2.45) is 0 Å². The molecule has 1 atom stereocenters. The van der Waals surface area contributed by atoms with Crippen LogP contribution in [0.1, 0.15) is 18.4 Å². The summed E-state index contributed by atoms with van der Waals surface area (Å²) in [5.41, 5.74) is -1.11. The number of amides is 1. The first kappa shape index (κ1) is 19.0. The molecule has 1 amide bonds. The maximum atomic E-state index is 12.9. The highest BCUT2D eigenvalue weighted by Gasteiger charge is 2.42. The summed E-state index contributed by atoms with van der Waals surface area (Å²) in [6, 6.07) is 1.19. The summed E-state index contributed by atoms with van der Waals surface area (Å²) in [5, 5.41) is -0.314. The average molecular weight is 385 g/mol. The van der Waals surface area contributed by atoms with Gasteiger partial charge < -0.3 is 4.90 Å². The lowest BCUT2D eigenvalue weighted by Gasteiger charge is -2.26. The first-order chi connectivity index (χ1) is 11.0. The third-order valence-corrected chi connectivity index (χ3v) is 6.16. The lowest BCUT2D eigenvalue weighted by atomic mass is 10.2. The van der Waals surface area contributed by atoms with Gasteiger partial charge in [-0.05, 0) is 31.0 Å². The maximum absolute atomic E-state index is 12.9. The summed E-state index contributed by atoms with van der Waals surface area (Å²) in [6.07, 6.45) is -3.94. The number of sulfonamides is 1. The van der Waals surface area contributed by atoms with Crippen LogP contribution in [0.25, 0.3) is 0 Å². The van der Waals surface area contributed by atoms with Crippen LogP contribution < -0.4 is 0 Å². The average Bonchev–Trinajstić information content (AvgIpc) is 2.95. The first-order valence-electron chi connectivity index (χ1n) is 7.06. The van der Waals surface area contributed by atoms with Gasteiger partial charge in [0.1, 0.15) is 10.9 Å². The van der Waals surface area contributed by atoms with Gasteiger partial charge in [-0.15, -0.1) is 0 Å². The van der Waals surface area contributed by atoms with Crippen molar-refractivity contribution in [1.82, 2.24) is 9.21 Å². The van der Waals surface area contributed by atoms with E-state index in [-0.39, 0.29) is 11.6 Å². The number of rotatable bonds is 3. The lowest BCUT2D eigenvalue weighted by Crippen LogP contribution is -2.45. The van der Waals surface area contributed by atoms with Crippen LogP contribution in [0.5, 0.6) is 0 Å². The molecule has 5 nitrogen and oxygen atoms in total. The van der Waals surface area contributed by atoms with Crippen molar-refractivity contribution >= 4 is 27.5 Å². The van der Waals surface area contributed by atoms with Gasteiger partial charge in [0.2, 0.25) is 15.9 Å². The normalized spacial score (nSPS) is 19.5. The molecular formula is C14H16ClF3N2O3S. The molecule has 1 aromatic rings. The van der Waals surface area contributed by atoms with Crippen LogP contribution in [-0.4, -0.2) is 50.2 Å². The second-order valence-electron chi connectivity index (χ2n) is 5.65. The fraction of sp³-hybridized carbons (Fsp3) is 0.500. The lowest BCUT2D eigenvalue weighted by molar-refractivity contribution is -0.137. The summed E-state index contributed by atoms with van der Waals surface area (Å²) in [6.45, 7) is 0.0547. The van der Waals surface area contributed by atoms with Gasteiger partial charge in [0, 0.05) is 20.6 Å². The molecule has 0 bridgehead atoms. The van der Waals surface area contributed by atoms with Gasteiger partial charge in [-0.1, -0.05) is 11.6 Å². The summed E-state index contributed by atoms with van der Waals surface area (Å²) >= 11 is 5.83. The van der Waals surface area contributed by atoms with Crippen LogP contribution in [0, 0.1) is 0 Å². The van der Waals surface area contributed by atoms with E-state index < -0.39 is 38.6 Å². The Balaban J connectivity index is 2.49. The van der Waals surface area contributed by atoms with Crippen LogP contribution in [0.4, 0.5) is 13.2 Å². The van der Waals surface area contributed by atoms with Crippen LogP contribution in [0.15, 0.2) is 23.1 Å². The van der Waals surface area contributed by atoms with E-state index in [1.807, 2.05) is 0 Å². The van der Waals surface area contributed by atoms with Crippen molar-refractivity contribution in [1.29, 1.82) is 0 Å². The van der Waals surface area contributed by atoms with Crippen LogP contribution in [0.3, 0.4) is 0 Å². The van der Waals surface area contributed by atoms with E-state index in [2.05, 4.69) is 0 Å². The molecule has 1 aliphatic heterocycles. The largest absolute Gasteiger partial charge is 0.416 e. The van der Waals surface area contributed by atoms with Crippen molar-refractivity contribution in [2.45, 2.75) is 30.0 Å². The van der Waals surface area contributed by atoms with Gasteiger partial charge in [0.25, 0.3) is 0 Å². The SMILES string of the molecule is CN(C)C(=O)C1CCCN1S(=O)(=O)c1cc(C(F)(F)F)ccc1Cl. The Kier molecular flexibility index (Phi) is 5.17. The van der Waals surface area contributed by atoms with E-state index in [0.717, 1.165) is 10.4 Å². The van der Waals surface area contributed by atoms with E-state index in [9.17, 15) is 26.4 Å². The molecule has 0 aliphatic carbocycles. The van der Waals surface area contributed by atoms with Crippen LogP contribution in [-0.2, 0) is 21.0 Å². The molecule has 24 heavy (non-hydrogen) atoms. The van der Waals surface area contributed by atoms with Gasteiger partial charge in [0.15, 0.2) is 0 Å². The zero-order valence-electron chi connectivity index (χ0n) is 13.0. The molecule has 1 heterocycles. The minimum Gasteiger partial charge on any atom is -0.347 e. The molecule has 0 spiro atoms. The second kappa shape index (κ2) is 6.53. The molecule has 1 aliphatic rings. The summed E-state index contributed by atoms with van der Waals surface area (Å²) in [5.74, 6) is -0.417. The van der Waals surface area contributed by atoms with Gasteiger partial charge in [-0.2, -0.15) is 17.5 Å². The Bertz CT molecular complexity index is 750. The minimum absolute atomic E-state index is 0.0547. The number of carbonyl (C=O) groups excluding carboxylic acids is 1. The van der Waals surface area contributed by atoms with E-state index in [1.165, 1.54) is 19.0 Å². The standard InChI is InChI=1S/C14H16ClF3N2O3S/c1-19(2)13(21)11-4-3-7-20(11)24(22,23)12-8-9(14(16,17)18)5-6-10(12)15/h5-6,8,11H,3-4,7H2,1-2H3. The van der Waals surface area contributed by atoms with E-state index in [4.69, 9.17) is 11.6 Å². The van der Waals surface area contributed by atoms with Crippen molar-refractivity contribution in [3.8, 4) is 0 Å². The number of alkyl halides is 3. The Morgan fingerprint density at radius 3 is 2.50 bits per heavy atom. The molecule has 10 heteroatoms. The summed E-state index contributed by atoms with van der Waals surface area (Å²) < 4.78 is 65.1. The number of nitrogens with zero attached hydrogens (tertiary/aromatic N) is 2. The fourth-order valence-electron chi connectivity index (χ4n) is 2.58. The fourth-order valence-corrected chi connectivity index (χ4v) is 4.73. The topological polar surface area (TPSA) is 57.7 Å². The van der Waals surface area contributed by atoms with Gasteiger partial charge in [0.05, 0.1) is 10.6 Å². The highest BCUT2D eigenvalue weighted by molar-refractivity contribution is 7.89. The second-order valence-corrected chi connectivity index (χ2v) is 7.92. The van der Waals surface area contributed by atoms with Crippen LogP contribution in [0.2, 0.25) is 5.02 Å². The minimum atomic E-state index is -4.70. The Morgan fingerprint density at radius 1 is 1.33 bits per heavy atom. The summed E-state index contributed by atoms with van der Waals surface area (Å²) in [7, 11) is -1.35. The number of carbonyl (C=O) groups is 1. The zero-order chi connectivity index (χ0) is 18.3. The highest BCUT2D eigenvalue weighted by atomic mass is 35.5. The Labute approximate surface area is 143 Å². The van der Waals surface area contributed by atoms with Crippen molar-refractivity contribution in [3.05, 3.63) is 28.8 Å². The molecule has 1 fully saturated rings. The highest BCUT2D eigenvalue weighted by Crippen LogP contribution is 2.36. The van der Waals surface area contributed by atoms with Crippen molar-refractivity contribution < 1.29 is 26.4 Å². The predicted molar refractivity (Wildman–Crippen MR) is 82.1 cm³/mol. The van der Waals surface area contributed by atoms with Crippen LogP contribution >= 0.6 is 11.6 Å². The smallest absolute Gasteiger partial charge is 0.347 e. The number of likely N-dealkylation sites (N-methyl/N-ethyl adjacent to an activating group) is 1. The molecule has 1 unspecified atom stereocenters. The number of hydrogen-bond acceptors (Lipinski definition) is 3. The number of hydrogen-bond donors (Lipinski definition) is 0. The molecule has 0 aromatic heterocycles. The van der Waals surface area contributed by atoms with Crippen molar-refractivity contribution in [3.63, 3.8) is 0 Å². The van der Waals surface area contributed by atoms with Gasteiger partial charge >= 0.3 is 6.18 Å². The van der Waals surface area contributed by atoms with E-state index in [1.54, 1.807) is 0 Å². The Hall–Kier alpha value is -1.32. The molecule has 0 radical (unpaired) electrons. The molecule has 2 rings (SSSR count). The molecule has 0 N–H and O–H groups in total. The third kappa shape index (κ3) is 3.52. The molecule has 0 saturated carbocycles. The Morgan fingerprint density at radius 2 is 1.96 bits per heavy atom. The zero-order valence-corrected chi connectivity index (χ0v) is 14.5. The summed E-state index contributed by atoms with van der Waals surface area (Å²) in [4.78, 5) is 12.8. The molecule has 134 valence electrons. The maximum Gasteiger partial charge on any atom is 0.416 e. The molecule has 1 saturated heterocycles. The van der Waals surface area contributed by atoms with Gasteiger partial charge in [-0.3, -0.25) is 4.79 Å². The predicted octanol–water partition coefficient (Wildman–Crippen LogP) is 2.60. The van der Waals surface area contributed by atoms with Gasteiger partial charge in [-0.25, -0.2) is 8.42 Å². The van der Waals surface area contributed by atoms with E-state index in [0.29, 0.717) is 25.0 Å². The third-order valence-electron chi connectivity index (χ3n) is 3.77. The first-order valence-corrected chi connectivity index (χ1v) is 8.88. The molecule has 1 aromatic carbocycles. The monoisotopic (exact) mass is 384 g/mol.